The van der Waals surface area contributed by atoms with Crippen LogP contribution in [0.5, 0.6) is 11.5 Å². The van der Waals surface area contributed by atoms with Gasteiger partial charge in [0.05, 0.1) is 11.4 Å². The number of halogens is 1. The second-order valence-electron chi connectivity index (χ2n) is 7.68. The van der Waals surface area contributed by atoms with E-state index >= 15 is 0 Å². The van der Waals surface area contributed by atoms with E-state index in [1.807, 2.05) is 24.3 Å². The van der Waals surface area contributed by atoms with Crippen molar-refractivity contribution in [3.8, 4) is 11.5 Å². The second-order valence-corrected chi connectivity index (χ2v) is 10.8. The number of amides is 2. The summed E-state index contributed by atoms with van der Waals surface area (Å²) in [7, 11) is -2.33. The van der Waals surface area contributed by atoms with Crippen molar-refractivity contribution in [2.24, 2.45) is 0 Å². The highest BCUT2D eigenvalue weighted by Gasteiger charge is 2.31. The monoisotopic (exact) mass is 553 g/mol. The van der Waals surface area contributed by atoms with Gasteiger partial charge < -0.3 is 19.7 Å². The number of sulfonamides is 1. The number of nitrogens with one attached hydrogen (secondary N) is 1. The summed E-state index contributed by atoms with van der Waals surface area (Å²) in [5.74, 6) is -0.141. The number of hydrogen-bond acceptors (Lipinski definition) is 6. The average molecular weight is 554 g/mol. The smallest absolute Gasteiger partial charge is 0.244 e. The fourth-order valence-electron chi connectivity index (χ4n) is 3.53. The van der Waals surface area contributed by atoms with E-state index in [9.17, 15) is 18.0 Å². The number of likely N-dealkylation sites (N-methyl/N-ethyl adjacent to an activating group) is 1. The molecule has 1 aliphatic rings. The largest absolute Gasteiger partial charge is 0.486 e. The van der Waals surface area contributed by atoms with Gasteiger partial charge in [0.1, 0.15) is 25.8 Å². The average Bonchev–Trinajstić information content (AvgIpc) is 2.84. The highest BCUT2D eigenvalue weighted by Crippen LogP contribution is 2.35. The van der Waals surface area contributed by atoms with Gasteiger partial charge in [0, 0.05) is 24.1 Å². The lowest BCUT2D eigenvalue weighted by Gasteiger charge is -2.32. The number of nitrogens with zero attached hydrogens (tertiary/aromatic N) is 2. The maximum Gasteiger partial charge on any atom is 0.244 e. The fourth-order valence-corrected chi connectivity index (χ4v) is 5.03. The Bertz CT molecular complexity index is 1160. The summed E-state index contributed by atoms with van der Waals surface area (Å²) in [6, 6.07) is 11.3. The normalized spacial score (nSPS) is 13.6. The summed E-state index contributed by atoms with van der Waals surface area (Å²) < 4.78 is 39.0. The van der Waals surface area contributed by atoms with Crippen LogP contribution >= 0.6 is 15.9 Å². The van der Waals surface area contributed by atoms with Crippen LogP contribution in [0, 0.1) is 0 Å². The zero-order chi connectivity index (χ0) is 24.9. The molecule has 1 heterocycles. The Morgan fingerprint density at radius 2 is 1.82 bits per heavy atom. The van der Waals surface area contributed by atoms with Crippen molar-refractivity contribution in [2.75, 3.05) is 36.9 Å². The first-order chi connectivity index (χ1) is 16.2. The van der Waals surface area contributed by atoms with Gasteiger partial charge in [0.15, 0.2) is 11.5 Å². The highest BCUT2D eigenvalue weighted by atomic mass is 79.9. The predicted octanol–water partition coefficient (Wildman–Crippen LogP) is 2.54. The summed E-state index contributed by atoms with van der Waals surface area (Å²) in [5.41, 5.74) is 1.08. The Hall–Kier alpha value is -2.79. The van der Waals surface area contributed by atoms with Gasteiger partial charge in [0.25, 0.3) is 0 Å². The van der Waals surface area contributed by atoms with E-state index < -0.39 is 28.5 Å². The predicted molar refractivity (Wildman–Crippen MR) is 132 cm³/mol. The van der Waals surface area contributed by atoms with Crippen LogP contribution in [0.3, 0.4) is 0 Å². The van der Waals surface area contributed by atoms with Crippen LogP contribution < -0.4 is 19.1 Å². The van der Waals surface area contributed by atoms with E-state index in [-0.39, 0.29) is 23.9 Å². The summed E-state index contributed by atoms with van der Waals surface area (Å²) in [6.07, 6.45) is 0. The summed E-state index contributed by atoms with van der Waals surface area (Å²) in [6.45, 7) is 3.54. The molecule has 0 fully saturated rings. The van der Waals surface area contributed by atoms with E-state index in [2.05, 4.69) is 21.2 Å². The molecule has 0 spiro atoms. The number of fused-ring (bicyclic) bond motifs is 1. The minimum Gasteiger partial charge on any atom is -0.486 e. The van der Waals surface area contributed by atoms with Gasteiger partial charge in [-0.3, -0.25) is 13.9 Å². The Labute approximate surface area is 208 Å². The second kappa shape index (κ2) is 11.1. The Kier molecular flexibility index (Phi) is 8.42. The fraction of sp³-hybridized carbons (Fsp3) is 0.391. The maximum absolute atomic E-state index is 13.5. The zero-order valence-electron chi connectivity index (χ0n) is 19.3. The van der Waals surface area contributed by atoms with E-state index in [1.54, 1.807) is 25.1 Å². The van der Waals surface area contributed by atoms with Gasteiger partial charge in [-0.1, -0.05) is 28.1 Å². The third-order valence-electron chi connectivity index (χ3n) is 5.45. The van der Waals surface area contributed by atoms with E-state index in [0.29, 0.717) is 24.7 Å². The molecule has 0 saturated carbocycles. The first kappa shape index (κ1) is 25.8. The molecule has 2 aromatic rings. The zero-order valence-corrected chi connectivity index (χ0v) is 21.7. The number of anilines is 1. The molecule has 34 heavy (non-hydrogen) atoms. The molecule has 1 N–H and O–H groups in total. The quantitative estimate of drug-likeness (QED) is 0.511. The van der Waals surface area contributed by atoms with Gasteiger partial charge in [0.2, 0.25) is 21.8 Å². The molecule has 0 aliphatic carbocycles. The van der Waals surface area contributed by atoms with E-state index in [4.69, 9.17) is 9.47 Å². The number of hydrogen-bond donors (Lipinski definition) is 1. The molecule has 1 aliphatic heterocycles. The molecule has 11 heteroatoms. The lowest BCUT2D eigenvalue weighted by atomic mass is 10.1. The minimum absolute atomic E-state index is 0.133. The molecule has 0 aromatic heterocycles. The van der Waals surface area contributed by atoms with Crippen molar-refractivity contribution in [1.82, 2.24) is 10.2 Å². The van der Waals surface area contributed by atoms with Crippen LogP contribution in [0.4, 0.5) is 5.69 Å². The van der Waals surface area contributed by atoms with E-state index in [0.717, 1.165) is 14.3 Å². The van der Waals surface area contributed by atoms with Crippen molar-refractivity contribution in [3.05, 3.63) is 52.5 Å². The molecule has 0 saturated heterocycles. The minimum atomic E-state index is -3.82. The molecule has 2 amide bonds. The molecular formula is C23H28BrN3O6S. The van der Waals surface area contributed by atoms with Crippen LogP contribution in [-0.4, -0.2) is 63.7 Å². The molecule has 2 aromatic carbocycles. The third-order valence-corrected chi connectivity index (χ3v) is 7.68. The number of benzene rings is 2. The van der Waals surface area contributed by atoms with Crippen LogP contribution in [0.25, 0.3) is 0 Å². The Morgan fingerprint density at radius 1 is 1.12 bits per heavy atom. The maximum atomic E-state index is 13.5. The number of carbonyl (C=O) groups excluding carboxylic acids is 2. The number of carbonyl (C=O) groups is 2. The van der Waals surface area contributed by atoms with E-state index in [1.165, 1.54) is 18.9 Å². The number of ether oxygens (including phenoxy) is 2. The molecule has 1 atom stereocenters. The molecule has 184 valence electrons. The highest BCUT2D eigenvalue weighted by molar-refractivity contribution is 9.10. The van der Waals surface area contributed by atoms with Gasteiger partial charge >= 0.3 is 0 Å². The molecule has 0 radical (unpaired) electrons. The van der Waals surface area contributed by atoms with Crippen molar-refractivity contribution < 1.29 is 27.5 Å². The molecule has 0 bridgehead atoms. The SMILES string of the molecule is CCS(=O)(=O)N(CC(=O)N(Cc1cccc(Br)c1)[C@H](C)C(=O)NC)c1ccc2c(c1)OCCO2. The van der Waals surface area contributed by atoms with Gasteiger partial charge in [-0.25, -0.2) is 8.42 Å². The van der Waals surface area contributed by atoms with Crippen molar-refractivity contribution >= 4 is 43.5 Å². The third kappa shape index (κ3) is 6.01. The molecule has 9 nitrogen and oxygen atoms in total. The Morgan fingerprint density at radius 3 is 2.47 bits per heavy atom. The Balaban J connectivity index is 1.95. The molecular weight excluding hydrogens is 526 g/mol. The van der Waals surface area contributed by atoms with Crippen molar-refractivity contribution in [3.63, 3.8) is 0 Å². The first-order valence-corrected chi connectivity index (χ1v) is 13.2. The van der Waals surface area contributed by atoms with Crippen LogP contribution in [0.1, 0.15) is 19.4 Å². The topological polar surface area (TPSA) is 105 Å². The van der Waals surface area contributed by atoms with Crippen LogP contribution in [0.15, 0.2) is 46.9 Å². The van der Waals surface area contributed by atoms with Crippen molar-refractivity contribution in [2.45, 2.75) is 26.4 Å². The van der Waals surface area contributed by atoms with Gasteiger partial charge in [-0.15, -0.1) is 0 Å². The molecule has 3 rings (SSSR count). The van der Waals surface area contributed by atoms with Gasteiger partial charge in [-0.05, 0) is 43.7 Å². The first-order valence-electron chi connectivity index (χ1n) is 10.8. The summed E-state index contributed by atoms with van der Waals surface area (Å²) >= 11 is 3.41. The lowest BCUT2D eigenvalue weighted by molar-refractivity contribution is -0.139. The lowest BCUT2D eigenvalue weighted by Crippen LogP contribution is -2.51. The van der Waals surface area contributed by atoms with Crippen LogP contribution in [0.2, 0.25) is 0 Å². The molecule has 0 unspecified atom stereocenters. The summed E-state index contributed by atoms with van der Waals surface area (Å²) in [4.78, 5) is 27.3. The number of rotatable bonds is 9. The van der Waals surface area contributed by atoms with Crippen LogP contribution in [-0.2, 0) is 26.2 Å². The standard InChI is InChI=1S/C23H28BrN3O6S/c1-4-34(30,31)27(19-8-9-20-21(13-19)33-11-10-32-20)15-22(28)26(16(2)23(29)25-3)14-17-6-5-7-18(24)12-17/h5-9,12-13,16H,4,10-11,14-15H2,1-3H3,(H,25,29)/t16-/m1/s1. The van der Waals surface area contributed by atoms with Crippen molar-refractivity contribution in [1.29, 1.82) is 0 Å². The summed E-state index contributed by atoms with van der Waals surface area (Å²) in [5, 5.41) is 2.55. The van der Waals surface area contributed by atoms with Gasteiger partial charge in [-0.2, -0.15) is 0 Å².